The Labute approximate surface area is 159 Å². The zero-order valence-electron chi connectivity index (χ0n) is 15.8. The third-order valence-electron chi connectivity index (χ3n) is 4.08. The molecule has 0 saturated carbocycles. The molecule has 4 nitrogen and oxygen atoms in total. The van der Waals surface area contributed by atoms with Crippen LogP contribution < -0.4 is 5.73 Å². The van der Waals surface area contributed by atoms with E-state index in [2.05, 4.69) is 22.4 Å². The average Bonchev–Trinajstić information content (AvgIpc) is 2.71. The van der Waals surface area contributed by atoms with Gasteiger partial charge in [0.25, 0.3) is 0 Å². The number of hydrogen-bond acceptors (Lipinski definition) is 3. The van der Waals surface area contributed by atoms with Gasteiger partial charge in [0.15, 0.2) is 5.84 Å². The van der Waals surface area contributed by atoms with E-state index in [9.17, 15) is 4.39 Å². The van der Waals surface area contributed by atoms with E-state index >= 15 is 0 Å². The molecule has 1 heterocycles. The molecule has 0 atom stereocenters. The molecular weight excluding hydrogens is 339 g/mol. The van der Waals surface area contributed by atoms with Gasteiger partial charge >= 0.3 is 0 Å². The van der Waals surface area contributed by atoms with E-state index < -0.39 is 0 Å². The maximum Gasteiger partial charge on any atom is 0.160 e. The number of nitrogens with zero attached hydrogens (tertiary/aromatic N) is 3. The molecule has 0 bridgehead atoms. The fourth-order valence-electron chi connectivity index (χ4n) is 2.74. The fourth-order valence-corrected chi connectivity index (χ4v) is 2.74. The predicted octanol–water partition coefficient (Wildman–Crippen LogP) is 4.86. The molecule has 5 heteroatoms. The molecule has 0 saturated heterocycles. The summed E-state index contributed by atoms with van der Waals surface area (Å²) in [7, 11) is 1.50. The molecule has 0 aliphatic rings. The minimum Gasteiger partial charge on any atom is -0.333 e. The highest BCUT2D eigenvalue weighted by Gasteiger charge is 2.11. The van der Waals surface area contributed by atoms with Crippen LogP contribution in [0.2, 0.25) is 0 Å². The second kappa shape index (κ2) is 9.50. The van der Waals surface area contributed by atoms with Crippen LogP contribution in [0.4, 0.5) is 10.1 Å². The van der Waals surface area contributed by atoms with Gasteiger partial charge in [-0.2, -0.15) is 0 Å². The normalized spacial score (nSPS) is 10.8. The monoisotopic (exact) mass is 362 g/mol. The zero-order valence-corrected chi connectivity index (χ0v) is 15.8. The summed E-state index contributed by atoms with van der Waals surface area (Å²) in [6, 6.07) is 14.2. The Morgan fingerprint density at radius 1 is 1.04 bits per heavy atom. The largest absolute Gasteiger partial charge is 0.333 e. The average molecular weight is 362 g/mol. The number of benzene rings is 2. The Morgan fingerprint density at radius 3 is 2.33 bits per heavy atom. The van der Waals surface area contributed by atoms with Crippen molar-refractivity contribution in [3.63, 3.8) is 0 Å². The van der Waals surface area contributed by atoms with E-state index in [1.54, 1.807) is 24.5 Å². The smallest absolute Gasteiger partial charge is 0.160 e. The first kappa shape index (κ1) is 20.1. The summed E-state index contributed by atoms with van der Waals surface area (Å²) >= 11 is 0. The Balaban J connectivity index is 0.00000126. The zero-order chi connectivity index (χ0) is 19.8. The Kier molecular flexibility index (Phi) is 7.08. The standard InChI is InChI=1S/C21H18FN3.CH5N/c1-14-6-11-19(16-7-9-18(22)10-8-16)15(2)20(14)25-21(23-3)17-5-4-12-24-13-17;1-2/h4-13H,3H2,1-2H3;2H2,1H3. The van der Waals surface area contributed by atoms with Crippen LogP contribution in [-0.2, 0) is 0 Å². The first-order valence-electron chi connectivity index (χ1n) is 8.50. The van der Waals surface area contributed by atoms with Crippen LogP contribution in [0.25, 0.3) is 11.1 Å². The molecule has 0 amide bonds. The number of aromatic nitrogens is 1. The molecule has 3 aromatic rings. The molecule has 0 aliphatic heterocycles. The van der Waals surface area contributed by atoms with Crippen molar-refractivity contribution in [1.29, 1.82) is 0 Å². The van der Waals surface area contributed by atoms with Gasteiger partial charge in [0.2, 0.25) is 0 Å². The van der Waals surface area contributed by atoms with Gasteiger partial charge in [-0.15, -0.1) is 0 Å². The molecule has 2 N–H and O–H groups in total. The highest BCUT2D eigenvalue weighted by atomic mass is 19.1. The van der Waals surface area contributed by atoms with Crippen LogP contribution in [0.1, 0.15) is 16.7 Å². The Hall–Kier alpha value is -3.18. The van der Waals surface area contributed by atoms with Crippen molar-refractivity contribution < 1.29 is 4.39 Å². The third kappa shape index (κ3) is 4.71. The second-order valence-electron chi connectivity index (χ2n) is 5.75. The van der Waals surface area contributed by atoms with E-state index in [-0.39, 0.29) is 5.82 Å². The van der Waals surface area contributed by atoms with Crippen molar-refractivity contribution in [1.82, 2.24) is 4.98 Å². The number of rotatable bonds is 3. The lowest BCUT2D eigenvalue weighted by Gasteiger charge is -2.12. The number of nitrogens with two attached hydrogens (primary N) is 1. The number of hydrogen-bond donors (Lipinski definition) is 1. The van der Waals surface area contributed by atoms with Crippen LogP contribution in [0, 0.1) is 19.7 Å². The number of halogens is 1. The summed E-state index contributed by atoms with van der Waals surface area (Å²) < 4.78 is 13.2. The molecule has 1 aromatic heterocycles. The van der Waals surface area contributed by atoms with Crippen molar-refractivity contribution in [2.24, 2.45) is 15.7 Å². The Morgan fingerprint density at radius 2 is 1.74 bits per heavy atom. The van der Waals surface area contributed by atoms with E-state index in [1.807, 2.05) is 38.1 Å². The van der Waals surface area contributed by atoms with Crippen molar-refractivity contribution in [3.8, 4) is 11.1 Å². The first-order valence-corrected chi connectivity index (χ1v) is 8.50. The predicted molar refractivity (Wildman–Crippen MR) is 111 cm³/mol. The summed E-state index contributed by atoms with van der Waals surface area (Å²) in [6.07, 6.45) is 3.41. The van der Waals surface area contributed by atoms with Gasteiger partial charge < -0.3 is 5.73 Å². The topological polar surface area (TPSA) is 63.6 Å². The first-order chi connectivity index (χ1) is 13.1. The Bertz CT molecular complexity index is 933. The third-order valence-corrected chi connectivity index (χ3v) is 4.08. The van der Waals surface area contributed by atoms with E-state index in [4.69, 9.17) is 4.99 Å². The minimum atomic E-state index is -0.249. The van der Waals surface area contributed by atoms with Gasteiger partial charge in [-0.25, -0.2) is 14.4 Å². The molecule has 2 aromatic carbocycles. The van der Waals surface area contributed by atoms with Crippen molar-refractivity contribution in [2.45, 2.75) is 13.8 Å². The lowest BCUT2D eigenvalue weighted by atomic mass is 9.96. The summed E-state index contributed by atoms with van der Waals surface area (Å²) in [6.45, 7) is 7.65. The van der Waals surface area contributed by atoms with E-state index in [0.29, 0.717) is 5.84 Å². The molecule has 0 spiro atoms. The number of pyridine rings is 1. The summed E-state index contributed by atoms with van der Waals surface area (Å²) in [4.78, 5) is 12.9. The lowest BCUT2D eigenvalue weighted by molar-refractivity contribution is 0.628. The van der Waals surface area contributed by atoms with Crippen LogP contribution in [0.3, 0.4) is 0 Å². The molecular formula is C22H23FN4. The lowest BCUT2D eigenvalue weighted by Crippen LogP contribution is -1.98. The second-order valence-corrected chi connectivity index (χ2v) is 5.75. The van der Waals surface area contributed by atoms with Gasteiger partial charge in [-0.05, 0) is 74.1 Å². The van der Waals surface area contributed by atoms with Crippen LogP contribution in [0.5, 0.6) is 0 Å². The highest BCUT2D eigenvalue weighted by Crippen LogP contribution is 2.33. The van der Waals surface area contributed by atoms with E-state index in [1.165, 1.54) is 19.2 Å². The quantitative estimate of drug-likeness (QED) is 0.534. The van der Waals surface area contributed by atoms with Gasteiger partial charge in [0.1, 0.15) is 5.82 Å². The van der Waals surface area contributed by atoms with Gasteiger partial charge in [0, 0.05) is 18.0 Å². The number of amidine groups is 1. The van der Waals surface area contributed by atoms with Gasteiger partial charge in [0.05, 0.1) is 5.69 Å². The summed E-state index contributed by atoms with van der Waals surface area (Å²) in [5.74, 6) is 0.275. The SMILES string of the molecule is C=NC(=Nc1c(C)ccc(-c2ccc(F)cc2)c1C)c1cccnc1.CN. The molecule has 138 valence electrons. The maximum absolute atomic E-state index is 13.2. The van der Waals surface area contributed by atoms with Gasteiger partial charge in [-0.1, -0.05) is 24.3 Å². The minimum absolute atomic E-state index is 0.249. The fraction of sp³-hybridized carbons (Fsp3) is 0.136. The molecule has 27 heavy (non-hydrogen) atoms. The highest BCUT2D eigenvalue weighted by molar-refractivity contribution is 6.03. The van der Waals surface area contributed by atoms with Gasteiger partial charge in [-0.3, -0.25) is 4.98 Å². The van der Waals surface area contributed by atoms with Crippen molar-refractivity contribution >= 4 is 18.2 Å². The molecule has 0 radical (unpaired) electrons. The van der Waals surface area contributed by atoms with E-state index in [0.717, 1.165) is 33.5 Å². The molecule has 0 unspecified atom stereocenters. The van der Waals surface area contributed by atoms with Crippen LogP contribution in [0.15, 0.2) is 70.9 Å². The molecule has 0 fully saturated rings. The van der Waals surface area contributed by atoms with Crippen molar-refractivity contribution in [3.05, 3.63) is 83.4 Å². The van der Waals surface area contributed by atoms with Crippen LogP contribution in [-0.4, -0.2) is 24.6 Å². The maximum atomic E-state index is 13.2. The summed E-state index contributed by atoms with van der Waals surface area (Å²) in [5.41, 5.74) is 10.2. The summed E-state index contributed by atoms with van der Waals surface area (Å²) in [5, 5.41) is 0. The molecule has 0 aliphatic carbocycles. The number of aliphatic imine (C=N–C) groups is 2. The number of aryl methyl sites for hydroxylation is 1. The van der Waals surface area contributed by atoms with Crippen LogP contribution >= 0.6 is 0 Å². The van der Waals surface area contributed by atoms with Crippen molar-refractivity contribution in [2.75, 3.05) is 7.05 Å². The molecule has 3 rings (SSSR count).